The summed E-state index contributed by atoms with van der Waals surface area (Å²) >= 11 is 6.13. The maximum absolute atomic E-state index is 12.7. The number of benzene rings is 2. The third-order valence-electron chi connectivity index (χ3n) is 5.79. The summed E-state index contributed by atoms with van der Waals surface area (Å²) in [5, 5.41) is 13.0. The van der Waals surface area contributed by atoms with Gasteiger partial charge in [0.15, 0.2) is 0 Å². The number of carbonyl (C=O) groups is 1. The van der Waals surface area contributed by atoms with Gasteiger partial charge in [-0.1, -0.05) is 23.7 Å². The largest absolute Gasteiger partial charge is 0.365 e. The highest BCUT2D eigenvalue weighted by molar-refractivity contribution is 6.31. The fourth-order valence-corrected chi connectivity index (χ4v) is 3.88. The van der Waals surface area contributed by atoms with Crippen molar-refractivity contribution in [3.63, 3.8) is 0 Å². The lowest BCUT2D eigenvalue weighted by Crippen LogP contribution is -2.42. The highest BCUT2D eigenvalue weighted by Gasteiger charge is 2.29. The number of rotatable bonds is 3. The van der Waals surface area contributed by atoms with E-state index in [1.54, 1.807) is 24.3 Å². The quantitative estimate of drug-likeness (QED) is 0.480. The van der Waals surface area contributed by atoms with Gasteiger partial charge in [-0.25, -0.2) is 0 Å². The van der Waals surface area contributed by atoms with Crippen LogP contribution in [0.15, 0.2) is 42.0 Å². The first-order valence-electron chi connectivity index (χ1n) is 9.81. The van der Waals surface area contributed by atoms with Crippen LogP contribution in [0.25, 0.3) is 11.6 Å². The Kier molecular flexibility index (Phi) is 5.78. The zero-order valence-electron chi connectivity index (χ0n) is 18.2. The van der Waals surface area contributed by atoms with Gasteiger partial charge in [0.2, 0.25) is 0 Å². The van der Waals surface area contributed by atoms with Crippen LogP contribution in [-0.2, 0) is 4.79 Å². The SMILES string of the molecule is CC1=CC(C)(C)N(C)c2cc(C)c(/C=C(/C#N)C(=O)Nc3cccc(Cl)c3C)cc21. The molecule has 1 heterocycles. The van der Waals surface area contributed by atoms with Crippen LogP contribution < -0.4 is 10.2 Å². The van der Waals surface area contributed by atoms with Crippen molar-refractivity contribution < 1.29 is 4.79 Å². The molecule has 1 amide bonds. The van der Waals surface area contributed by atoms with E-state index in [2.05, 4.69) is 56.2 Å². The van der Waals surface area contributed by atoms with Crippen molar-refractivity contribution in [3.8, 4) is 6.07 Å². The monoisotopic (exact) mass is 419 g/mol. The molecule has 2 aromatic carbocycles. The van der Waals surface area contributed by atoms with E-state index in [0.29, 0.717) is 10.7 Å². The van der Waals surface area contributed by atoms with Gasteiger partial charge in [-0.15, -0.1) is 0 Å². The molecule has 4 nitrogen and oxygen atoms in total. The van der Waals surface area contributed by atoms with Crippen molar-refractivity contribution in [1.29, 1.82) is 5.26 Å². The van der Waals surface area contributed by atoms with E-state index >= 15 is 0 Å². The van der Waals surface area contributed by atoms with Gasteiger partial charge in [-0.05, 0) is 87.2 Å². The Labute approximate surface area is 183 Å². The maximum atomic E-state index is 12.7. The molecule has 2 aromatic rings. The second-order valence-electron chi connectivity index (χ2n) is 8.30. The first-order chi connectivity index (χ1) is 14.0. The molecule has 1 aliphatic heterocycles. The zero-order chi connectivity index (χ0) is 22.2. The first kappa shape index (κ1) is 21.7. The van der Waals surface area contributed by atoms with Crippen molar-refractivity contribution >= 4 is 40.5 Å². The molecule has 0 fully saturated rings. The fourth-order valence-electron chi connectivity index (χ4n) is 3.71. The van der Waals surface area contributed by atoms with Crippen molar-refractivity contribution in [1.82, 2.24) is 0 Å². The molecule has 0 radical (unpaired) electrons. The molecule has 0 saturated heterocycles. The summed E-state index contributed by atoms with van der Waals surface area (Å²) in [5.41, 5.74) is 6.62. The maximum Gasteiger partial charge on any atom is 0.266 e. The molecule has 0 bridgehead atoms. The Hall–Kier alpha value is -3.03. The summed E-state index contributed by atoms with van der Waals surface area (Å²) in [6.45, 7) is 10.3. The third kappa shape index (κ3) is 3.99. The second kappa shape index (κ2) is 8.01. The topological polar surface area (TPSA) is 56.1 Å². The molecule has 1 N–H and O–H groups in total. The third-order valence-corrected chi connectivity index (χ3v) is 6.20. The lowest BCUT2D eigenvalue weighted by atomic mass is 9.87. The van der Waals surface area contributed by atoms with Crippen molar-refractivity contribution in [2.45, 2.75) is 40.2 Å². The van der Waals surface area contributed by atoms with Gasteiger partial charge in [0, 0.05) is 29.0 Å². The number of carbonyl (C=O) groups excluding carboxylic acids is 1. The average molecular weight is 420 g/mol. The Balaban J connectivity index is 1.99. The molecular weight excluding hydrogens is 394 g/mol. The van der Waals surface area contributed by atoms with Crippen molar-refractivity contribution in [2.24, 2.45) is 0 Å². The lowest BCUT2D eigenvalue weighted by Gasteiger charge is -2.41. The molecule has 3 rings (SSSR count). The van der Waals surface area contributed by atoms with Gasteiger partial charge in [0.25, 0.3) is 5.91 Å². The lowest BCUT2D eigenvalue weighted by molar-refractivity contribution is -0.112. The Morgan fingerprint density at radius 2 is 1.93 bits per heavy atom. The Bertz CT molecular complexity index is 1140. The summed E-state index contributed by atoms with van der Waals surface area (Å²) in [4.78, 5) is 15.0. The molecule has 0 atom stereocenters. The summed E-state index contributed by atoms with van der Waals surface area (Å²) in [6.07, 6.45) is 3.88. The van der Waals surface area contributed by atoms with Crippen LogP contribution in [0.1, 0.15) is 43.0 Å². The molecular formula is C25H26ClN3O. The normalized spacial score (nSPS) is 15.2. The molecule has 1 aliphatic rings. The van der Waals surface area contributed by atoms with Gasteiger partial charge >= 0.3 is 0 Å². The number of nitriles is 1. The zero-order valence-corrected chi connectivity index (χ0v) is 19.0. The first-order valence-corrected chi connectivity index (χ1v) is 10.2. The molecule has 0 spiro atoms. The summed E-state index contributed by atoms with van der Waals surface area (Å²) < 4.78 is 0. The number of fused-ring (bicyclic) bond motifs is 1. The minimum absolute atomic E-state index is 0.0450. The summed E-state index contributed by atoms with van der Waals surface area (Å²) in [5.74, 6) is -0.453. The van der Waals surface area contributed by atoms with E-state index in [-0.39, 0.29) is 11.1 Å². The summed E-state index contributed by atoms with van der Waals surface area (Å²) in [6, 6.07) is 11.5. The van der Waals surface area contributed by atoms with E-state index in [0.717, 1.165) is 27.9 Å². The highest BCUT2D eigenvalue weighted by Crippen LogP contribution is 2.39. The van der Waals surface area contributed by atoms with Crippen LogP contribution >= 0.6 is 11.6 Å². The van der Waals surface area contributed by atoms with E-state index in [9.17, 15) is 10.1 Å². The number of likely N-dealkylation sites (N-methyl/N-ethyl adjacent to an activating group) is 1. The number of allylic oxidation sites excluding steroid dienone is 1. The molecule has 30 heavy (non-hydrogen) atoms. The van der Waals surface area contributed by atoms with Crippen LogP contribution in [0.4, 0.5) is 11.4 Å². The number of amides is 1. The Morgan fingerprint density at radius 1 is 1.23 bits per heavy atom. The minimum Gasteiger partial charge on any atom is -0.365 e. The number of aryl methyl sites for hydroxylation is 1. The molecule has 0 aliphatic carbocycles. The molecule has 5 heteroatoms. The number of hydrogen-bond acceptors (Lipinski definition) is 3. The van der Waals surface area contributed by atoms with E-state index in [1.165, 1.54) is 5.57 Å². The van der Waals surface area contributed by atoms with Gasteiger partial charge < -0.3 is 10.2 Å². The number of halogens is 1. The highest BCUT2D eigenvalue weighted by atomic mass is 35.5. The van der Waals surface area contributed by atoms with Crippen molar-refractivity contribution in [2.75, 3.05) is 17.3 Å². The van der Waals surface area contributed by atoms with Crippen LogP contribution in [0.3, 0.4) is 0 Å². The van der Waals surface area contributed by atoms with Gasteiger partial charge in [0.1, 0.15) is 11.6 Å². The van der Waals surface area contributed by atoms with Crippen LogP contribution in [0.5, 0.6) is 0 Å². The standard InChI is InChI=1S/C25H26ClN3O/c1-15-10-23-20(16(2)13-25(4,5)29(23)6)12-18(15)11-19(14-27)24(30)28-22-9-7-8-21(26)17(22)3/h7-13H,1-6H3,(H,28,30)/b19-11-. The van der Waals surface area contributed by atoms with Crippen LogP contribution in [0.2, 0.25) is 5.02 Å². The number of hydrogen-bond donors (Lipinski definition) is 1. The summed E-state index contributed by atoms with van der Waals surface area (Å²) in [7, 11) is 2.08. The van der Waals surface area contributed by atoms with Crippen molar-refractivity contribution in [3.05, 3.63) is 69.3 Å². The van der Waals surface area contributed by atoms with Gasteiger partial charge in [-0.2, -0.15) is 5.26 Å². The van der Waals surface area contributed by atoms with Crippen LogP contribution in [0, 0.1) is 25.2 Å². The number of nitrogens with zero attached hydrogens (tertiary/aromatic N) is 2. The van der Waals surface area contributed by atoms with E-state index in [4.69, 9.17) is 11.6 Å². The molecule has 154 valence electrons. The molecule has 0 saturated carbocycles. The smallest absolute Gasteiger partial charge is 0.266 e. The van der Waals surface area contributed by atoms with Gasteiger partial charge in [-0.3, -0.25) is 4.79 Å². The number of anilines is 2. The predicted octanol–water partition coefficient (Wildman–Crippen LogP) is 6.13. The minimum atomic E-state index is -0.453. The number of nitrogens with one attached hydrogen (secondary N) is 1. The van der Waals surface area contributed by atoms with E-state index < -0.39 is 5.91 Å². The average Bonchev–Trinajstić information content (AvgIpc) is 2.68. The predicted molar refractivity (Wildman–Crippen MR) is 126 cm³/mol. The van der Waals surface area contributed by atoms with Crippen LogP contribution in [-0.4, -0.2) is 18.5 Å². The molecule has 0 unspecified atom stereocenters. The van der Waals surface area contributed by atoms with Gasteiger partial charge in [0.05, 0.1) is 5.54 Å². The fraction of sp³-hybridized carbons (Fsp3) is 0.280. The Morgan fingerprint density at radius 3 is 2.60 bits per heavy atom. The molecule has 0 aromatic heterocycles. The second-order valence-corrected chi connectivity index (χ2v) is 8.71. The van der Waals surface area contributed by atoms with E-state index in [1.807, 2.05) is 19.9 Å².